The Hall–Kier alpha value is -5.50. The maximum atomic E-state index is 15.0. The van der Waals surface area contributed by atoms with Crippen LogP contribution in [0, 0.1) is 31.0 Å². The second-order valence-corrected chi connectivity index (χ2v) is 14.5. The van der Waals surface area contributed by atoms with Crippen LogP contribution >= 0.6 is 0 Å². The van der Waals surface area contributed by atoms with Gasteiger partial charge in [0.1, 0.15) is 28.7 Å². The summed E-state index contributed by atoms with van der Waals surface area (Å²) in [5, 5.41) is 26.6. The van der Waals surface area contributed by atoms with Gasteiger partial charge in [-0.1, -0.05) is 13.0 Å². The normalized spacial score (nSPS) is 21.7. The van der Waals surface area contributed by atoms with Crippen molar-refractivity contribution >= 4 is 28.7 Å². The van der Waals surface area contributed by atoms with Crippen LogP contribution in [-0.4, -0.2) is 71.5 Å². The van der Waals surface area contributed by atoms with Crippen molar-refractivity contribution in [3.8, 4) is 11.5 Å². The quantitative estimate of drug-likeness (QED) is 0.131. The molecule has 3 aromatic heterocycles. The van der Waals surface area contributed by atoms with Crippen LogP contribution < -0.4 is 11.0 Å². The zero-order valence-corrected chi connectivity index (χ0v) is 29.5. The van der Waals surface area contributed by atoms with Crippen LogP contribution in [0.5, 0.6) is 0 Å². The van der Waals surface area contributed by atoms with E-state index >= 15 is 4.79 Å². The summed E-state index contributed by atoms with van der Waals surface area (Å²) in [6, 6.07) is 10.9. The molecular formula is C38H41FN8O5. The number of carboxylic acid groups (broad SMARTS) is 1. The Morgan fingerprint density at radius 1 is 1.12 bits per heavy atom. The van der Waals surface area contributed by atoms with E-state index in [1.54, 1.807) is 41.8 Å². The molecule has 1 saturated carbocycles. The number of nitrogens with zero attached hydrogens (tertiary/aromatic N) is 5. The smallest absolute Gasteiger partial charge is 0.410 e. The molecule has 2 aromatic carbocycles. The van der Waals surface area contributed by atoms with E-state index in [9.17, 15) is 19.1 Å². The molecule has 3 aliphatic rings. The van der Waals surface area contributed by atoms with Gasteiger partial charge in [0.15, 0.2) is 0 Å². The molecule has 0 radical (unpaired) electrons. The molecule has 3 atom stereocenters. The van der Waals surface area contributed by atoms with E-state index in [1.807, 2.05) is 30.5 Å². The molecule has 2 amide bonds. The first-order valence-corrected chi connectivity index (χ1v) is 17.7. The highest BCUT2D eigenvalue weighted by atomic mass is 19.1. The van der Waals surface area contributed by atoms with E-state index in [-0.39, 0.29) is 29.2 Å². The summed E-state index contributed by atoms with van der Waals surface area (Å²) in [5.41, 5.74) is 3.72. The molecule has 13 nitrogen and oxygen atoms in total. The molecule has 8 rings (SSSR count). The molecule has 2 aliphatic heterocycles. The zero-order valence-electron chi connectivity index (χ0n) is 29.5. The van der Waals surface area contributed by atoms with Crippen LogP contribution in [0.2, 0.25) is 0 Å². The third kappa shape index (κ3) is 5.18. The summed E-state index contributed by atoms with van der Waals surface area (Å²) < 4.78 is 25.3. The van der Waals surface area contributed by atoms with Crippen molar-refractivity contribution < 1.29 is 23.8 Å². The van der Waals surface area contributed by atoms with Gasteiger partial charge in [-0.15, -0.1) is 0 Å². The van der Waals surface area contributed by atoms with Crippen molar-refractivity contribution in [2.45, 2.75) is 70.9 Å². The number of carbonyl (C=O) groups excluding carboxylic acids is 1. The largest absolute Gasteiger partial charge is 0.465 e. The molecule has 5 heterocycles. The molecule has 0 unspecified atom stereocenters. The van der Waals surface area contributed by atoms with Gasteiger partial charge in [-0.2, -0.15) is 5.10 Å². The average Bonchev–Trinajstić information content (AvgIpc) is 3.43. The number of rotatable bonds is 6. The summed E-state index contributed by atoms with van der Waals surface area (Å²) in [5.74, 6) is -0.0993. The Labute approximate surface area is 298 Å². The number of hydrogen-bond acceptors (Lipinski definition) is 6. The van der Waals surface area contributed by atoms with Crippen LogP contribution in [0.3, 0.4) is 0 Å². The Balaban J connectivity index is 1.26. The highest BCUT2D eigenvalue weighted by molar-refractivity contribution is 6.05. The van der Waals surface area contributed by atoms with Crippen molar-refractivity contribution in [2.75, 3.05) is 19.8 Å². The molecule has 0 bridgehead atoms. The van der Waals surface area contributed by atoms with E-state index in [0.29, 0.717) is 72.4 Å². The Morgan fingerprint density at radius 2 is 1.83 bits per heavy atom. The number of amides is 2. The monoisotopic (exact) mass is 708 g/mol. The topological polar surface area (TPSA) is 163 Å². The lowest BCUT2D eigenvalue weighted by Gasteiger charge is -2.34. The fraction of sp³-hybridized carbons (Fsp3) is 0.395. The van der Waals surface area contributed by atoms with Crippen molar-refractivity contribution in [1.29, 1.82) is 5.41 Å². The van der Waals surface area contributed by atoms with Crippen molar-refractivity contribution in [1.82, 2.24) is 34.1 Å². The Morgan fingerprint density at radius 3 is 2.46 bits per heavy atom. The number of nitrogens with one attached hydrogen (secondary N) is 3. The maximum Gasteiger partial charge on any atom is 0.410 e. The third-order valence-corrected chi connectivity index (χ3v) is 11.3. The number of hydrogen-bond donors (Lipinski definition) is 4. The minimum absolute atomic E-state index is 0.109. The van der Waals surface area contributed by atoms with Crippen LogP contribution in [0.4, 0.5) is 9.18 Å². The van der Waals surface area contributed by atoms with Gasteiger partial charge < -0.3 is 24.3 Å². The number of fused-ring (bicyclic) bond motifs is 2. The van der Waals surface area contributed by atoms with Crippen LogP contribution in [0.25, 0.3) is 22.4 Å². The van der Waals surface area contributed by atoms with Crippen LogP contribution in [0.15, 0.2) is 53.6 Å². The first-order valence-electron chi connectivity index (χ1n) is 17.7. The van der Waals surface area contributed by atoms with Gasteiger partial charge in [0.25, 0.3) is 5.91 Å². The highest BCUT2D eigenvalue weighted by Gasteiger charge is 2.59. The molecular weight excluding hydrogens is 667 g/mol. The fourth-order valence-electron chi connectivity index (χ4n) is 8.52. The Kier molecular flexibility index (Phi) is 7.97. The fourth-order valence-corrected chi connectivity index (χ4v) is 8.52. The minimum atomic E-state index is -1.33. The van der Waals surface area contributed by atoms with Gasteiger partial charge in [-0.3, -0.25) is 20.1 Å². The first-order chi connectivity index (χ1) is 24.9. The van der Waals surface area contributed by atoms with Crippen LogP contribution in [-0.2, 0) is 16.7 Å². The maximum absolute atomic E-state index is 15.0. The van der Waals surface area contributed by atoms with Gasteiger partial charge >= 0.3 is 11.8 Å². The zero-order chi connectivity index (χ0) is 36.6. The molecule has 14 heteroatoms. The van der Waals surface area contributed by atoms with Gasteiger partial charge in [0.05, 0.1) is 17.4 Å². The summed E-state index contributed by atoms with van der Waals surface area (Å²) in [6.07, 6.45) is 4.50. The van der Waals surface area contributed by atoms with Crippen molar-refractivity contribution in [3.05, 3.63) is 98.7 Å². The number of benzene rings is 2. The summed E-state index contributed by atoms with van der Waals surface area (Å²) >= 11 is 0. The molecule has 1 aliphatic carbocycles. The molecule has 4 N–H and O–H groups in total. The van der Waals surface area contributed by atoms with Crippen molar-refractivity contribution in [3.63, 3.8) is 0 Å². The van der Waals surface area contributed by atoms with Crippen molar-refractivity contribution in [2.24, 2.45) is 5.92 Å². The van der Waals surface area contributed by atoms with E-state index in [2.05, 4.69) is 22.4 Å². The van der Waals surface area contributed by atoms with Crippen LogP contribution in [0.1, 0.15) is 83.5 Å². The number of ether oxygens (including phenoxy) is 1. The second kappa shape index (κ2) is 12.3. The van der Waals surface area contributed by atoms with E-state index < -0.39 is 17.7 Å². The SMILES string of the molecule is Cc1cc(-n2nc3c(c2-n2cc[nH]c2=O)[C@H](C)N(C(=O)c2cc4cc(C5CCOCC5)ccc4n2[C@@]2(C(=N)NC(=O)O)C[C@@H]2C)CC3)cc(C)c1F. The molecule has 52 heavy (non-hydrogen) atoms. The second-order valence-electron chi connectivity index (χ2n) is 14.5. The number of halogens is 1. The number of amidine groups is 1. The number of H-pyrrole nitrogens is 1. The molecule has 2 fully saturated rings. The predicted molar refractivity (Wildman–Crippen MR) is 191 cm³/mol. The van der Waals surface area contributed by atoms with E-state index in [4.69, 9.17) is 15.2 Å². The van der Waals surface area contributed by atoms with Gasteiger partial charge in [-0.25, -0.2) is 18.7 Å². The molecule has 270 valence electrons. The predicted octanol–water partition coefficient (Wildman–Crippen LogP) is 5.70. The summed E-state index contributed by atoms with van der Waals surface area (Å²) in [4.78, 5) is 44.4. The third-order valence-electron chi connectivity index (χ3n) is 11.3. The number of carbonyl (C=O) groups is 2. The summed E-state index contributed by atoms with van der Waals surface area (Å²) in [6.45, 7) is 8.94. The number of aromatic nitrogens is 5. The lowest BCUT2D eigenvalue weighted by molar-refractivity contribution is 0.0664. The molecule has 1 saturated heterocycles. The number of imidazole rings is 1. The summed E-state index contributed by atoms with van der Waals surface area (Å²) in [7, 11) is 0. The number of aryl methyl sites for hydroxylation is 2. The average molecular weight is 709 g/mol. The van der Waals surface area contributed by atoms with Gasteiger partial charge in [-0.05, 0) is 98.9 Å². The van der Waals surface area contributed by atoms with Gasteiger partial charge in [0.2, 0.25) is 0 Å². The molecule has 0 spiro atoms. The van der Waals surface area contributed by atoms with Gasteiger partial charge in [0, 0.05) is 55.0 Å². The highest BCUT2D eigenvalue weighted by Crippen LogP contribution is 2.53. The molecule has 5 aromatic rings. The Bertz CT molecular complexity index is 2320. The minimum Gasteiger partial charge on any atom is -0.465 e. The number of aromatic amines is 1. The van der Waals surface area contributed by atoms with E-state index in [1.165, 1.54) is 10.8 Å². The lowest BCUT2D eigenvalue weighted by atomic mass is 9.91. The first kappa shape index (κ1) is 33.6. The lowest BCUT2D eigenvalue weighted by Crippen LogP contribution is -2.45. The van der Waals surface area contributed by atoms with E-state index in [0.717, 1.165) is 35.0 Å². The standard InChI is InChI=1S/C38H41FN8O5/c1-20-15-27(16-21(2)32(20)39)47-33(45-12-10-41-36(45)49)31-23(4)44(11-7-28(31)43-47)34(48)30-18-26-17-25(24-8-13-52-14-9-24)5-6-29(26)46(30)38(19-22(38)3)35(40)42-37(50)51/h5-6,10,12,15-18,22-24H,7-9,11,13-14,19H2,1-4H3,(H2,40,42)(H,41,49)(H,50,51)/t22-,23-,38-/m0/s1.